The molecular formula is C19H20N2O4. The molecule has 0 saturated carbocycles. The molecule has 1 unspecified atom stereocenters. The Kier molecular flexibility index (Phi) is 5.67. The van der Waals surface area contributed by atoms with E-state index in [4.69, 9.17) is 5.11 Å². The minimum absolute atomic E-state index is 0.306. The highest BCUT2D eigenvalue weighted by atomic mass is 16.3. The highest BCUT2D eigenvalue weighted by Crippen LogP contribution is 2.19. The van der Waals surface area contributed by atoms with Crippen molar-refractivity contribution in [2.45, 2.75) is 12.5 Å². The topological polar surface area (TPSA) is 95.5 Å². The standard InChI is InChI=1S/C19H20N2O4/c1-19(16(23)12-22,18(25)20-2)21-17(24)15-10-8-14(9-11-15)13-6-4-3-5-7-13/h3-11,22H,12H2,1-2H3,(H,20,25)(H,21,24). The van der Waals surface area contributed by atoms with Crippen LogP contribution in [0.2, 0.25) is 0 Å². The molecule has 2 aromatic carbocycles. The number of aliphatic hydroxyl groups is 1. The summed E-state index contributed by atoms with van der Waals surface area (Å²) < 4.78 is 0. The van der Waals surface area contributed by atoms with E-state index in [1.165, 1.54) is 14.0 Å². The number of rotatable bonds is 6. The van der Waals surface area contributed by atoms with Gasteiger partial charge in [0.25, 0.3) is 11.8 Å². The predicted molar refractivity (Wildman–Crippen MR) is 93.9 cm³/mol. The molecule has 0 spiro atoms. The number of hydrogen-bond acceptors (Lipinski definition) is 4. The molecule has 130 valence electrons. The molecule has 0 aromatic heterocycles. The van der Waals surface area contributed by atoms with Crippen LogP contribution in [0.3, 0.4) is 0 Å². The van der Waals surface area contributed by atoms with Crippen molar-refractivity contribution in [3.63, 3.8) is 0 Å². The van der Waals surface area contributed by atoms with Crippen LogP contribution in [0.25, 0.3) is 11.1 Å². The monoisotopic (exact) mass is 340 g/mol. The number of nitrogens with one attached hydrogen (secondary N) is 2. The van der Waals surface area contributed by atoms with E-state index in [9.17, 15) is 14.4 Å². The van der Waals surface area contributed by atoms with E-state index in [1.54, 1.807) is 24.3 Å². The van der Waals surface area contributed by atoms with Crippen LogP contribution >= 0.6 is 0 Å². The largest absolute Gasteiger partial charge is 0.388 e. The van der Waals surface area contributed by atoms with Gasteiger partial charge >= 0.3 is 0 Å². The maximum Gasteiger partial charge on any atom is 0.253 e. The van der Waals surface area contributed by atoms with Gasteiger partial charge in [0.15, 0.2) is 11.3 Å². The quantitative estimate of drug-likeness (QED) is 0.688. The normalized spacial score (nSPS) is 12.8. The summed E-state index contributed by atoms with van der Waals surface area (Å²) in [5.74, 6) is -2.06. The second kappa shape index (κ2) is 7.72. The van der Waals surface area contributed by atoms with Gasteiger partial charge in [-0.2, -0.15) is 0 Å². The Balaban J connectivity index is 2.22. The van der Waals surface area contributed by atoms with Gasteiger partial charge in [-0.25, -0.2) is 0 Å². The highest BCUT2D eigenvalue weighted by Gasteiger charge is 2.41. The lowest BCUT2D eigenvalue weighted by Gasteiger charge is -2.26. The van der Waals surface area contributed by atoms with E-state index in [0.717, 1.165) is 11.1 Å². The first-order chi connectivity index (χ1) is 11.9. The molecule has 0 radical (unpaired) electrons. The molecule has 0 bridgehead atoms. The summed E-state index contributed by atoms with van der Waals surface area (Å²) in [5, 5.41) is 13.8. The van der Waals surface area contributed by atoms with E-state index in [-0.39, 0.29) is 0 Å². The lowest BCUT2D eigenvalue weighted by Crippen LogP contribution is -2.62. The second-order valence-electron chi connectivity index (χ2n) is 5.68. The van der Waals surface area contributed by atoms with Gasteiger partial charge in [0.2, 0.25) is 0 Å². The Morgan fingerprint density at radius 3 is 2.04 bits per heavy atom. The van der Waals surface area contributed by atoms with Crippen molar-refractivity contribution in [3.05, 3.63) is 60.2 Å². The Labute approximate surface area is 145 Å². The number of amides is 2. The number of carbonyl (C=O) groups excluding carboxylic acids is 3. The number of hydrogen-bond donors (Lipinski definition) is 3. The molecule has 3 N–H and O–H groups in total. The maximum atomic E-state index is 12.4. The molecule has 0 heterocycles. The molecular weight excluding hydrogens is 320 g/mol. The Morgan fingerprint density at radius 2 is 1.52 bits per heavy atom. The van der Waals surface area contributed by atoms with E-state index >= 15 is 0 Å². The van der Waals surface area contributed by atoms with Crippen LogP contribution in [0.15, 0.2) is 54.6 Å². The molecule has 2 amide bonds. The molecule has 0 fully saturated rings. The van der Waals surface area contributed by atoms with Crippen molar-refractivity contribution in [1.29, 1.82) is 0 Å². The first-order valence-electron chi connectivity index (χ1n) is 7.76. The zero-order valence-corrected chi connectivity index (χ0v) is 14.1. The first kappa shape index (κ1) is 18.4. The van der Waals surface area contributed by atoms with Crippen molar-refractivity contribution >= 4 is 17.6 Å². The fourth-order valence-corrected chi connectivity index (χ4v) is 2.41. The number of ketones is 1. The predicted octanol–water partition coefficient (Wildman–Crippen LogP) is 1.15. The van der Waals surface area contributed by atoms with Gasteiger partial charge in [0.05, 0.1) is 0 Å². The summed E-state index contributed by atoms with van der Waals surface area (Å²) in [6, 6.07) is 16.5. The minimum Gasteiger partial charge on any atom is -0.388 e. The molecule has 0 saturated heterocycles. The molecule has 1 atom stereocenters. The van der Waals surface area contributed by atoms with Gasteiger partial charge in [-0.1, -0.05) is 42.5 Å². The average molecular weight is 340 g/mol. The van der Waals surface area contributed by atoms with Crippen molar-refractivity contribution < 1.29 is 19.5 Å². The summed E-state index contributed by atoms with van der Waals surface area (Å²) in [6.07, 6.45) is 0. The summed E-state index contributed by atoms with van der Waals surface area (Å²) in [5.41, 5.74) is 0.428. The number of carbonyl (C=O) groups is 3. The first-order valence-corrected chi connectivity index (χ1v) is 7.76. The minimum atomic E-state index is -1.83. The number of Topliss-reactive ketones (excluding diaryl/α,β-unsaturated/α-hetero) is 1. The third-order valence-electron chi connectivity index (χ3n) is 4.00. The Hall–Kier alpha value is -2.99. The van der Waals surface area contributed by atoms with Gasteiger partial charge in [-0.05, 0) is 30.2 Å². The number of aliphatic hydroxyl groups excluding tert-OH is 1. The lowest BCUT2D eigenvalue weighted by molar-refractivity contribution is -0.137. The van der Waals surface area contributed by atoms with Crippen LogP contribution in [0.1, 0.15) is 17.3 Å². The van der Waals surface area contributed by atoms with E-state index in [2.05, 4.69) is 10.6 Å². The lowest BCUT2D eigenvalue weighted by atomic mass is 9.94. The van der Waals surface area contributed by atoms with Crippen molar-refractivity contribution in [3.8, 4) is 11.1 Å². The van der Waals surface area contributed by atoms with Crippen LogP contribution in [-0.2, 0) is 9.59 Å². The molecule has 6 heteroatoms. The third kappa shape index (κ3) is 3.92. The van der Waals surface area contributed by atoms with Crippen LogP contribution in [0.4, 0.5) is 0 Å². The maximum absolute atomic E-state index is 12.4. The van der Waals surface area contributed by atoms with Crippen LogP contribution in [0.5, 0.6) is 0 Å². The molecule has 2 rings (SSSR count). The number of likely N-dealkylation sites (N-methyl/N-ethyl adjacent to an activating group) is 1. The van der Waals surface area contributed by atoms with Gasteiger partial charge in [-0.3, -0.25) is 14.4 Å². The van der Waals surface area contributed by atoms with Gasteiger partial charge < -0.3 is 15.7 Å². The molecule has 25 heavy (non-hydrogen) atoms. The average Bonchev–Trinajstić information content (AvgIpc) is 2.67. The second-order valence-corrected chi connectivity index (χ2v) is 5.68. The van der Waals surface area contributed by atoms with Crippen LogP contribution in [-0.4, -0.2) is 41.9 Å². The van der Waals surface area contributed by atoms with Gasteiger partial charge in [0, 0.05) is 12.6 Å². The highest BCUT2D eigenvalue weighted by molar-refractivity contribution is 6.14. The smallest absolute Gasteiger partial charge is 0.253 e. The summed E-state index contributed by atoms with van der Waals surface area (Å²) in [7, 11) is 1.35. The molecule has 0 aliphatic heterocycles. The van der Waals surface area contributed by atoms with E-state index in [1.807, 2.05) is 30.3 Å². The van der Waals surface area contributed by atoms with E-state index < -0.39 is 29.7 Å². The zero-order valence-electron chi connectivity index (χ0n) is 14.1. The summed E-state index contributed by atoms with van der Waals surface area (Å²) in [6.45, 7) is 0.414. The Morgan fingerprint density at radius 1 is 0.960 bits per heavy atom. The molecule has 0 aliphatic carbocycles. The van der Waals surface area contributed by atoms with E-state index in [0.29, 0.717) is 5.56 Å². The SMILES string of the molecule is CNC(=O)C(C)(NC(=O)c1ccc(-c2ccccc2)cc1)C(=O)CO. The molecule has 6 nitrogen and oxygen atoms in total. The summed E-state index contributed by atoms with van der Waals surface area (Å²) in [4.78, 5) is 36.3. The third-order valence-corrected chi connectivity index (χ3v) is 4.00. The van der Waals surface area contributed by atoms with Crippen LogP contribution < -0.4 is 10.6 Å². The van der Waals surface area contributed by atoms with Crippen molar-refractivity contribution in [1.82, 2.24) is 10.6 Å². The molecule has 0 aliphatic rings. The van der Waals surface area contributed by atoms with Gasteiger partial charge in [-0.15, -0.1) is 0 Å². The fourth-order valence-electron chi connectivity index (χ4n) is 2.41. The van der Waals surface area contributed by atoms with Crippen molar-refractivity contribution in [2.75, 3.05) is 13.7 Å². The Bertz CT molecular complexity index is 754. The fraction of sp³-hybridized carbons (Fsp3) is 0.211. The number of benzene rings is 2. The summed E-state index contributed by atoms with van der Waals surface area (Å²) >= 11 is 0. The van der Waals surface area contributed by atoms with Crippen LogP contribution in [0, 0.1) is 0 Å². The van der Waals surface area contributed by atoms with Gasteiger partial charge in [0.1, 0.15) is 6.61 Å². The van der Waals surface area contributed by atoms with Crippen molar-refractivity contribution in [2.24, 2.45) is 0 Å². The zero-order chi connectivity index (χ0) is 18.4. The molecule has 2 aromatic rings.